The minimum atomic E-state index is 0.674. The molecule has 1 aliphatic rings. The molecule has 11 aromatic rings. The van der Waals surface area contributed by atoms with Crippen LogP contribution in [0.15, 0.2) is 212 Å². The SMILES string of the molecule is C/C1=C(\c2cccc3c2oc2ccccc23)N=C(c2ccc(-c3cccc4oc5c(-c6ccccc6)cccc5c34)c3ccccc23)N=C(c2ccc3ccccc3c2)CC1. The highest BCUT2D eigenvalue weighted by atomic mass is 16.3. The topological polar surface area (TPSA) is 51.0 Å². The van der Waals surface area contributed by atoms with E-state index < -0.39 is 0 Å². The van der Waals surface area contributed by atoms with Crippen LogP contribution in [0, 0.1) is 0 Å². The largest absolute Gasteiger partial charge is 0.455 e. The van der Waals surface area contributed by atoms with Crippen LogP contribution in [0.3, 0.4) is 0 Å². The standard InChI is InChI=1S/C57H38N2O2/c1-35-28-33-50(39-30-29-36-14-5-6-17-38(36)34-39)58-57(59-54(35)49-25-12-23-46-44-20-9-10-26-51(44)60-56(46)49)47-32-31-43(41-18-7-8-19-42(41)47)45-22-13-27-52-53(45)48-24-11-21-40(55(48)61-52)37-15-3-2-4-16-37/h2-27,29-32,34H,28,33H2,1H3/b54-35-,58-50?,59-57?. The lowest BCUT2D eigenvalue weighted by molar-refractivity contribution is 0.667. The van der Waals surface area contributed by atoms with E-state index in [0.717, 1.165) is 118 Å². The predicted molar refractivity (Wildman–Crippen MR) is 255 cm³/mol. The fourth-order valence-electron chi connectivity index (χ4n) is 9.40. The van der Waals surface area contributed by atoms with Crippen LogP contribution in [0.5, 0.6) is 0 Å². The Morgan fingerprint density at radius 3 is 1.89 bits per heavy atom. The zero-order chi connectivity index (χ0) is 40.4. The molecule has 2 aromatic heterocycles. The van der Waals surface area contributed by atoms with Gasteiger partial charge in [-0.1, -0.05) is 158 Å². The van der Waals surface area contributed by atoms with Gasteiger partial charge in [0.05, 0.1) is 11.4 Å². The summed E-state index contributed by atoms with van der Waals surface area (Å²) in [6, 6.07) is 66.3. The quantitative estimate of drug-likeness (QED) is 0.175. The van der Waals surface area contributed by atoms with E-state index in [4.69, 9.17) is 18.8 Å². The molecule has 0 N–H and O–H groups in total. The molecule has 4 heteroatoms. The third kappa shape index (κ3) is 5.83. The van der Waals surface area contributed by atoms with Gasteiger partial charge in [0, 0.05) is 38.2 Å². The summed E-state index contributed by atoms with van der Waals surface area (Å²) >= 11 is 0. The lowest BCUT2D eigenvalue weighted by atomic mass is 9.91. The van der Waals surface area contributed by atoms with E-state index in [1.165, 1.54) is 16.3 Å². The molecular formula is C57H38N2O2. The normalized spacial score (nSPS) is 14.8. The number of amidine groups is 1. The lowest BCUT2D eigenvalue weighted by Gasteiger charge is -2.18. The second kappa shape index (κ2) is 14.2. The Hall–Kier alpha value is -7.82. The minimum Gasteiger partial charge on any atom is -0.455 e. The number of allylic oxidation sites excluding steroid dienone is 1. The summed E-state index contributed by atoms with van der Waals surface area (Å²) in [6.45, 7) is 2.21. The van der Waals surface area contributed by atoms with Gasteiger partial charge in [0.2, 0.25) is 0 Å². The van der Waals surface area contributed by atoms with Crippen LogP contribution in [0.4, 0.5) is 0 Å². The fraction of sp³-hybridized carbons (Fsp3) is 0.0526. The molecule has 1 aliphatic heterocycles. The van der Waals surface area contributed by atoms with Crippen LogP contribution in [0.1, 0.15) is 36.5 Å². The molecule has 288 valence electrons. The highest BCUT2D eigenvalue weighted by Crippen LogP contribution is 2.43. The zero-order valence-corrected chi connectivity index (χ0v) is 33.5. The molecule has 0 aliphatic carbocycles. The molecule has 0 fully saturated rings. The average molecular weight is 783 g/mol. The van der Waals surface area contributed by atoms with Gasteiger partial charge < -0.3 is 8.83 Å². The number of aliphatic imine (C=N–C) groups is 2. The molecule has 0 saturated heterocycles. The summed E-state index contributed by atoms with van der Waals surface area (Å²) in [7, 11) is 0. The number of rotatable bonds is 5. The van der Waals surface area contributed by atoms with Crippen LogP contribution in [-0.2, 0) is 0 Å². The summed E-state index contributed by atoms with van der Waals surface area (Å²) in [5, 5.41) is 8.99. The first-order chi connectivity index (χ1) is 30.2. The third-order valence-corrected chi connectivity index (χ3v) is 12.4. The van der Waals surface area contributed by atoms with Crippen molar-refractivity contribution in [2.45, 2.75) is 19.8 Å². The van der Waals surface area contributed by atoms with E-state index >= 15 is 0 Å². The molecule has 4 nitrogen and oxygen atoms in total. The smallest absolute Gasteiger partial charge is 0.160 e. The highest BCUT2D eigenvalue weighted by molar-refractivity contribution is 6.23. The molecule has 0 saturated carbocycles. The number of nitrogens with zero attached hydrogens (tertiary/aromatic N) is 2. The number of fused-ring (bicyclic) bond motifs is 8. The van der Waals surface area contributed by atoms with Gasteiger partial charge in [-0.05, 0) is 99.5 Å². The number of hydrogen-bond donors (Lipinski definition) is 0. The number of benzene rings is 9. The number of para-hydroxylation sites is 3. The Bertz CT molecular complexity index is 3660. The van der Waals surface area contributed by atoms with E-state index in [1.54, 1.807) is 0 Å². The van der Waals surface area contributed by atoms with Crippen molar-refractivity contribution in [1.29, 1.82) is 0 Å². The van der Waals surface area contributed by atoms with Gasteiger partial charge in [0.15, 0.2) is 5.84 Å². The maximum Gasteiger partial charge on any atom is 0.160 e. The first-order valence-electron chi connectivity index (χ1n) is 20.9. The van der Waals surface area contributed by atoms with Crippen LogP contribution in [-0.4, -0.2) is 11.5 Å². The Balaban J connectivity index is 1.08. The van der Waals surface area contributed by atoms with E-state index in [1.807, 2.05) is 18.2 Å². The molecule has 9 aromatic carbocycles. The Kier molecular flexibility index (Phi) is 8.17. The molecular weight excluding hydrogens is 745 g/mol. The first-order valence-corrected chi connectivity index (χ1v) is 20.9. The van der Waals surface area contributed by atoms with Gasteiger partial charge in [0.25, 0.3) is 0 Å². The van der Waals surface area contributed by atoms with Crippen molar-refractivity contribution < 1.29 is 8.83 Å². The first kappa shape index (κ1) is 35.2. The van der Waals surface area contributed by atoms with Crippen LogP contribution >= 0.6 is 0 Å². The van der Waals surface area contributed by atoms with Gasteiger partial charge >= 0.3 is 0 Å². The Morgan fingerprint density at radius 2 is 1.02 bits per heavy atom. The minimum absolute atomic E-state index is 0.674. The van der Waals surface area contributed by atoms with E-state index in [0.29, 0.717) is 5.84 Å². The van der Waals surface area contributed by atoms with E-state index in [9.17, 15) is 0 Å². The van der Waals surface area contributed by atoms with Gasteiger partial charge in [-0.15, -0.1) is 0 Å². The van der Waals surface area contributed by atoms with Gasteiger partial charge in [-0.2, -0.15) is 0 Å². The Morgan fingerprint density at radius 1 is 0.393 bits per heavy atom. The summed E-state index contributed by atoms with van der Waals surface area (Å²) in [4.78, 5) is 11.2. The van der Waals surface area contributed by atoms with Crippen LogP contribution in [0.2, 0.25) is 0 Å². The molecule has 0 amide bonds. The van der Waals surface area contributed by atoms with Crippen molar-refractivity contribution in [2.24, 2.45) is 9.98 Å². The fourth-order valence-corrected chi connectivity index (χ4v) is 9.40. The monoisotopic (exact) mass is 782 g/mol. The maximum absolute atomic E-state index is 6.70. The average Bonchev–Trinajstić information content (AvgIpc) is 3.90. The number of hydrogen-bond acceptors (Lipinski definition) is 4. The van der Waals surface area contributed by atoms with E-state index in [-0.39, 0.29) is 0 Å². The van der Waals surface area contributed by atoms with Crippen molar-refractivity contribution in [3.05, 3.63) is 210 Å². The molecule has 12 rings (SSSR count). The van der Waals surface area contributed by atoms with Gasteiger partial charge in [-0.25, -0.2) is 9.98 Å². The highest BCUT2D eigenvalue weighted by Gasteiger charge is 2.23. The summed E-state index contributed by atoms with van der Waals surface area (Å²) < 4.78 is 13.3. The third-order valence-electron chi connectivity index (χ3n) is 12.4. The summed E-state index contributed by atoms with van der Waals surface area (Å²) in [5.74, 6) is 0.674. The lowest BCUT2D eigenvalue weighted by Crippen LogP contribution is -2.11. The second-order valence-electron chi connectivity index (χ2n) is 16.0. The van der Waals surface area contributed by atoms with Crippen molar-refractivity contribution in [3.63, 3.8) is 0 Å². The second-order valence-corrected chi connectivity index (χ2v) is 16.0. The predicted octanol–water partition coefficient (Wildman–Crippen LogP) is 15.6. The molecule has 0 spiro atoms. The van der Waals surface area contributed by atoms with Crippen molar-refractivity contribution in [3.8, 4) is 22.3 Å². The van der Waals surface area contributed by atoms with Crippen LogP contribution < -0.4 is 0 Å². The summed E-state index contributed by atoms with van der Waals surface area (Å²) in [6.07, 6.45) is 1.57. The molecule has 3 heterocycles. The molecule has 0 atom stereocenters. The van der Waals surface area contributed by atoms with E-state index in [2.05, 4.69) is 177 Å². The molecule has 0 bridgehead atoms. The van der Waals surface area contributed by atoms with Crippen molar-refractivity contribution in [1.82, 2.24) is 0 Å². The molecule has 61 heavy (non-hydrogen) atoms. The molecule has 0 radical (unpaired) electrons. The van der Waals surface area contributed by atoms with Gasteiger partial charge in [0.1, 0.15) is 22.3 Å². The Labute approximate surface area is 352 Å². The number of furan rings is 2. The van der Waals surface area contributed by atoms with Crippen LogP contribution in [0.25, 0.3) is 93.4 Å². The molecule has 0 unspecified atom stereocenters. The van der Waals surface area contributed by atoms with Gasteiger partial charge in [-0.3, -0.25) is 0 Å². The zero-order valence-electron chi connectivity index (χ0n) is 33.5. The van der Waals surface area contributed by atoms with Crippen molar-refractivity contribution in [2.75, 3.05) is 0 Å². The summed E-state index contributed by atoms with van der Waals surface area (Å²) in [5.41, 5.74) is 14.1. The van der Waals surface area contributed by atoms with Crippen molar-refractivity contribution >= 4 is 82.7 Å². The maximum atomic E-state index is 6.70.